The van der Waals surface area contributed by atoms with E-state index in [9.17, 15) is 13.2 Å². The van der Waals surface area contributed by atoms with Crippen molar-refractivity contribution in [2.45, 2.75) is 43.5 Å². The topological polar surface area (TPSA) is 69.7 Å². The number of amides is 1. The predicted octanol–water partition coefficient (Wildman–Crippen LogP) is 3.50. The molecule has 0 aliphatic carbocycles. The Morgan fingerprint density at radius 3 is 2.42 bits per heavy atom. The number of nitrogens with zero attached hydrogens (tertiary/aromatic N) is 2. The molecular formula is C24H33N3O3S. The minimum atomic E-state index is -3.56. The summed E-state index contributed by atoms with van der Waals surface area (Å²) in [6.07, 6.45) is 4.72. The number of rotatable bonds is 9. The zero-order chi connectivity index (χ0) is 22.1. The molecule has 1 N–H and O–H groups in total. The van der Waals surface area contributed by atoms with Crippen molar-refractivity contribution in [2.75, 3.05) is 33.2 Å². The first-order valence-electron chi connectivity index (χ1n) is 11.1. The highest BCUT2D eigenvalue weighted by atomic mass is 32.2. The maximum Gasteiger partial charge on any atom is 0.251 e. The minimum Gasteiger partial charge on any atom is -0.352 e. The third-order valence-electron chi connectivity index (χ3n) is 5.60. The lowest BCUT2D eigenvalue weighted by atomic mass is 10.2. The molecule has 7 heteroatoms. The first kappa shape index (κ1) is 23.4. The summed E-state index contributed by atoms with van der Waals surface area (Å²) in [6, 6.07) is 16.7. The maximum atomic E-state index is 13.0. The molecule has 3 rings (SSSR count). The molecule has 2 aromatic rings. The van der Waals surface area contributed by atoms with Crippen molar-refractivity contribution in [1.82, 2.24) is 14.5 Å². The molecule has 0 saturated carbocycles. The van der Waals surface area contributed by atoms with Gasteiger partial charge in [-0.15, -0.1) is 0 Å². The van der Waals surface area contributed by atoms with E-state index in [0.717, 1.165) is 45.2 Å². The zero-order valence-electron chi connectivity index (χ0n) is 18.3. The molecule has 168 valence electrons. The molecule has 1 aliphatic heterocycles. The van der Waals surface area contributed by atoms with E-state index in [4.69, 9.17) is 0 Å². The average Bonchev–Trinajstić information content (AvgIpc) is 3.08. The van der Waals surface area contributed by atoms with Crippen LogP contribution in [-0.4, -0.2) is 56.8 Å². The van der Waals surface area contributed by atoms with Gasteiger partial charge in [0.1, 0.15) is 0 Å². The SMILES string of the molecule is CN(CCCNC(=O)c1cccc(S(=O)(=O)N2CCCCCC2)c1)Cc1ccccc1. The Labute approximate surface area is 186 Å². The molecule has 1 saturated heterocycles. The van der Waals surface area contributed by atoms with Crippen molar-refractivity contribution < 1.29 is 13.2 Å². The van der Waals surface area contributed by atoms with Gasteiger partial charge in [0.15, 0.2) is 0 Å². The molecule has 0 atom stereocenters. The highest BCUT2D eigenvalue weighted by Crippen LogP contribution is 2.21. The quantitative estimate of drug-likeness (QED) is 0.602. The molecule has 2 aromatic carbocycles. The summed E-state index contributed by atoms with van der Waals surface area (Å²) in [7, 11) is -1.50. The molecule has 6 nitrogen and oxygen atoms in total. The molecule has 1 heterocycles. The van der Waals surface area contributed by atoms with Gasteiger partial charge < -0.3 is 10.2 Å². The van der Waals surface area contributed by atoms with Crippen molar-refractivity contribution in [1.29, 1.82) is 0 Å². The van der Waals surface area contributed by atoms with Gasteiger partial charge in [-0.2, -0.15) is 4.31 Å². The fourth-order valence-electron chi connectivity index (χ4n) is 3.86. The number of carbonyl (C=O) groups is 1. The van der Waals surface area contributed by atoms with E-state index >= 15 is 0 Å². The average molecular weight is 444 g/mol. The van der Waals surface area contributed by atoms with Crippen LogP contribution in [0.2, 0.25) is 0 Å². The second kappa shape index (κ2) is 11.4. The number of carbonyl (C=O) groups excluding carboxylic acids is 1. The van der Waals surface area contributed by atoms with Crippen LogP contribution in [0.1, 0.15) is 48.0 Å². The van der Waals surface area contributed by atoms with Gasteiger partial charge in [-0.25, -0.2) is 8.42 Å². The van der Waals surface area contributed by atoms with Crippen LogP contribution in [0.4, 0.5) is 0 Å². The summed E-state index contributed by atoms with van der Waals surface area (Å²) in [5.74, 6) is -0.237. The number of benzene rings is 2. The zero-order valence-corrected chi connectivity index (χ0v) is 19.1. The number of sulfonamides is 1. The van der Waals surface area contributed by atoms with Crippen LogP contribution in [-0.2, 0) is 16.6 Å². The fraction of sp³-hybridized carbons (Fsp3) is 0.458. The summed E-state index contributed by atoms with van der Waals surface area (Å²) in [5, 5.41) is 2.91. The Kier molecular flexibility index (Phi) is 8.63. The number of hydrogen-bond acceptors (Lipinski definition) is 4. The molecule has 1 amide bonds. The van der Waals surface area contributed by atoms with Crippen molar-refractivity contribution in [2.24, 2.45) is 0 Å². The molecule has 1 aliphatic rings. The van der Waals surface area contributed by atoms with Gasteiger partial charge in [0.05, 0.1) is 4.90 Å². The Morgan fingerprint density at radius 1 is 1.00 bits per heavy atom. The molecule has 1 fully saturated rings. The van der Waals surface area contributed by atoms with Gasteiger partial charge in [-0.3, -0.25) is 4.79 Å². The Bertz CT molecular complexity index is 940. The third kappa shape index (κ3) is 6.89. The van der Waals surface area contributed by atoms with Crippen molar-refractivity contribution in [3.05, 3.63) is 65.7 Å². The van der Waals surface area contributed by atoms with Gasteiger partial charge in [-0.1, -0.05) is 49.2 Å². The van der Waals surface area contributed by atoms with E-state index < -0.39 is 10.0 Å². The van der Waals surface area contributed by atoms with E-state index in [1.54, 1.807) is 22.5 Å². The van der Waals surface area contributed by atoms with Crippen LogP contribution in [0.3, 0.4) is 0 Å². The van der Waals surface area contributed by atoms with Gasteiger partial charge in [0.25, 0.3) is 5.91 Å². The van der Waals surface area contributed by atoms with Crippen LogP contribution in [0.5, 0.6) is 0 Å². The Hall–Kier alpha value is -2.22. The largest absolute Gasteiger partial charge is 0.352 e. The highest BCUT2D eigenvalue weighted by molar-refractivity contribution is 7.89. The maximum absolute atomic E-state index is 13.0. The summed E-state index contributed by atoms with van der Waals surface area (Å²) in [5.41, 5.74) is 1.64. The smallest absolute Gasteiger partial charge is 0.251 e. The highest BCUT2D eigenvalue weighted by Gasteiger charge is 2.25. The van der Waals surface area contributed by atoms with E-state index in [0.29, 0.717) is 25.2 Å². The van der Waals surface area contributed by atoms with E-state index in [1.165, 1.54) is 11.6 Å². The lowest BCUT2D eigenvalue weighted by Crippen LogP contribution is -2.32. The first-order chi connectivity index (χ1) is 15.0. The Morgan fingerprint density at radius 2 is 1.71 bits per heavy atom. The number of hydrogen-bond donors (Lipinski definition) is 1. The summed E-state index contributed by atoms with van der Waals surface area (Å²) < 4.78 is 27.5. The standard InChI is InChI=1S/C24H33N3O3S/c1-26(20-21-11-5-4-6-12-21)16-10-15-25-24(28)22-13-9-14-23(19-22)31(29,30)27-17-7-2-3-8-18-27/h4-6,9,11-14,19H,2-3,7-8,10,15-18,20H2,1H3,(H,25,28). The van der Waals surface area contributed by atoms with E-state index in [1.807, 2.05) is 18.2 Å². The van der Waals surface area contributed by atoms with E-state index in [2.05, 4.69) is 29.4 Å². The van der Waals surface area contributed by atoms with Gasteiger partial charge in [-0.05, 0) is 56.6 Å². The molecule has 0 spiro atoms. The second-order valence-electron chi connectivity index (χ2n) is 8.18. The van der Waals surface area contributed by atoms with Crippen molar-refractivity contribution in [3.8, 4) is 0 Å². The van der Waals surface area contributed by atoms with Crippen LogP contribution in [0.15, 0.2) is 59.5 Å². The molecule has 31 heavy (non-hydrogen) atoms. The molecule has 0 unspecified atom stereocenters. The summed E-state index contributed by atoms with van der Waals surface area (Å²) in [6.45, 7) is 3.37. The normalized spacial score (nSPS) is 15.5. The van der Waals surface area contributed by atoms with Crippen LogP contribution in [0, 0.1) is 0 Å². The first-order valence-corrected chi connectivity index (χ1v) is 12.5. The Balaban J connectivity index is 1.50. The lowest BCUT2D eigenvalue weighted by molar-refractivity contribution is 0.0951. The summed E-state index contributed by atoms with van der Waals surface area (Å²) in [4.78, 5) is 15.0. The number of nitrogens with one attached hydrogen (secondary N) is 1. The molecule has 0 bridgehead atoms. The predicted molar refractivity (Wildman–Crippen MR) is 123 cm³/mol. The van der Waals surface area contributed by atoms with Crippen LogP contribution >= 0.6 is 0 Å². The fourth-order valence-corrected chi connectivity index (χ4v) is 5.42. The second-order valence-corrected chi connectivity index (χ2v) is 10.1. The molecule has 0 aromatic heterocycles. The third-order valence-corrected chi connectivity index (χ3v) is 7.49. The lowest BCUT2D eigenvalue weighted by Gasteiger charge is -2.20. The van der Waals surface area contributed by atoms with Gasteiger partial charge >= 0.3 is 0 Å². The van der Waals surface area contributed by atoms with Gasteiger partial charge in [0, 0.05) is 31.7 Å². The van der Waals surface area contributed by atoms with E-state index in [-0.39, 0.29) is 10.8 Å². The monoisotopic (exact) mass is 443 g/mol. The van der Waals surface area contributed by atoms with Crippen molar-refractivity contribution in [3.63, 3.8) is 0 Å². The molecule has 0 radical (unpaired) electrons. The van der Waals surface area contributed by atoms with Gasteiger partial charge in [0.2, 0.25) is 10.0 Å². The minimum absolute atomic E-state index is 0.199. The van der Waals surface area contributed by atoms with Crippen molar-refractivity contribution >= 4 is 15.9 Å². The summed E-state index contributed by atoms with van der Waals surface area (Å²) >= 11 is 0. The van der Waals surface area contributed by atoms with Crippen LogP contribution in [0.25, 0.3) is 0 Å². The molecular weight excluding hydrogens is 410 g/mol. The van der Waals surface area contributed by atoms with Crippen LogP contribution < -0.4 is 5.32 Å².